The van der Waals surface area contributed by atoms with Gasteiger partial charge in [0.15, 0.2) is 5.82 Å². The maximum Gasteiger partial charge on any atom is 0.268 e. The fourth-order valence-corrected chi connectivity index (χ4v) is 3.05. The minimum Gasteiger partial charge on any atom is -0.391 e. The molecule has 2 aromatic heterocycles. The van der Waals surface area contributed by atoms with Crippen LogP contribution in [0.1, 0.15) is 17.0 Å². The summed E-state index contributed by atoms with van der Waals surface area (Å²) in [6, 6.07) is 9.99. The largest absolute Gasteiger partial charge is 0.391 e. The first-order valence-corrected chi connectivity index (χ1v) is 7.66. The van der Waals surface area contributed by atoms with E-state index in [1.807, 2.05) is 37.3 Å². The Balaban J connectivity index is 1.83. The maximum absolute atomic E-state index is 5.79. The second kappa shape index (κ2) is 5.38. The van der Waals surface area contributed by atoms with Gasteiger partial charge in [0.25, 0.3) is 5.89 Å². The van der Waals surface area contributed by atoms with Gasteiger partial charge in [0, 0.05) is 10.9 Å². The first-order chi connectivity index (χ1) is 9.61. The highest BCUT2D eigenvalue weighted by molar-refractivity contribution is 9.10. The van der Waals surface area contributed by atoms with Gasteiger partial charge in [0.1, 0.15) is 0 Å². The number of halogens is 1. The Bertz CT molecular complexity index is 733. The molecule has 0 saturated carbocycles. The molecule has 0 bridgehead atoms. The molecular formula is C14H12BrN3OS. The van der Waals surface area contributed by atoms with Crippen molar-refractivity contribution in [3.05, 3.63) is 51.8 Å². The number of hydrogen-bond acceptors (Lipinski definition) is 5. The van der Waals surface area contributed by atoms with Crippen LogP contribution in [0.5, 0.6) is 0 Å². The third-order valence-corrected chi connectivity index (χ3v) is 4.46. The van der Waals surface area contributed by atoms with Crippen molar-refractivity contribution in [3.63, 3.8) is 0 Å². The van der Waals surface area contributed by atoms with Crippen LogP contribution in [-0.2, 0) is 6.42 Å². The number of aryl methyl sites for hydroxylation is 1. The number of thiophene rings is 1. The van der Waals surface area contributed by atoms with Crippen LogP contribution in [0.2, 0.25) is 0 Å². The van der Waals surface area contributed by atoms with Gasteiger partial charge in [-0.2, -0.15) is 4.98 Å². The molecule has 0 aliphatic heterocycles. The van der Waals surface area contributed by atoms with Gasteiger partial charge >= 0.3 is 0 Å². The minimum absolute atomic E-state index is 0.538. The molecule has 3 rings (SSSR count). The molecule has 4 nitrogen and oxygen atoms in total. The Labute approximate surface area is 128 Å². The second-order valence-electron chi connectivity index (χ2n) is 4.48. The normalized spacial score (nSPS) is 10.9. The van der Waals surface area contributed by atoms with E-state index in [-0.39, 0.29) is 0 Å². The van der Waals surface area contributed by atoms with E-state index in [1.54, 1.807) is 0 Å². The predicted molar refractivity (Wildman–Crippen MR) is 83.7 cm³/mol. The van der Waals surface area contributed by atoms with E-state index in [4.69, 9.17) is 10.3 Å². The summed E-state index contributed by atoms with van der Waals surface area (Å²) in [6.45, 7) is 1.99. The zero-order chi connectivity index (χ0) is 14.1. The molecule has 6 heteroatoms. The van der Waals surface area contributed by atoms with Gasteiger partial charge in [-0.15, -0.1) is 11.3 Å². The Kier molecular flexibility index (Phi) is 3.58. The lowest BCUT2D eigenvalue weighted by atomic mass is 10.1. The molecular weight excluding hydrogens is 338 g/mol. The lowest BCUT2D eigenvalue weighted by Crippen LogP contribution is -1.90. The highest BCUT2D eigenvalue weighted by Gasteiger charge is 2.14. The predicted octanol–water partition coefficient (Wildman–Crippen LogP) is 4.04. The Morgan fingerprint density at radius 3 is 2.70 bits per heavy atom. The topological polar surface area (TPSA) is 64.9 Å². The van der Waals surface area contributed by atoms with Crippen LogP contribution in [0, 0.1) is 6.92 Å². The van der Waals surface area contributed by atoms with Gasteiger partial charge in [-0.05, 0) is 36.2 Å². The number of nitrogens with zero attached hydrogens (tertiary/aromatic N) is 2. The molecule has 3 aromatic rings. The number of aromatic nitrogens is 2. The van der Waals surface area contributed by atoms with Gasteiger partial charge in [-0.1, -0.05) is 33.2 Å². The average Bonchev–Trinajstić information content (AvgIpc) is 2.99. The summed E-state index contributed by atoms with van der Waals surface area (Å²) in [7, 11) is 0. The van der Waals surface area contributed by atoms with E-state index < -0.39 is 0 Å². The summed E-state index contributed by atoms with van der Waals surface area (Å²) in [5.74, 6) is 1.21. The third-order valence-electron chi connectivity index (χ3n) is 2.87. The molecule has 0 saturated heterocycles. The fourth-order valence-electron chi connectivity index (χ4n) is 1.92. The van der Waals surface area contributed by atoms with Crippen LogP contribution in [-0.4, -0.2) is 10.1 Å². The molecule has 0 unspecified atom stereocenters. The van der Waals surface area contributed by atoms with E-state index in [1.165, 1.54) is 11.3 Å². The first kappa shape index (κ1) is 13.3. The molecule has 0 amide bonds. The second-order valence-corrected chi connectivity index (χ2v) is 6.48. The van der Waals surface area contributed by atoms with E-state index >= 15 is 0 Å². The molecule has 1 aromatic carbocycles. The molecule has 2 N–H and O–H groups in total. The molecule has 0 radical (unpaired) electrons. The SMILES string of the molecule is Cc1cc(N)sc1-c1nc(Cc2ccc(Br)cc2)no1. The Hall–Kier alpha value is -1.66. The number of benzene rings is 1. The number of hydrogen-bond donors (Lipinski definition) is 1. The molecule has 0 atom stereocenters. The smallest absolute Gasteiger partial charge is 0.268 e. The van der Waals surface area contributed by atoms with E-state index in [0.29, 0.717) is 18.1 Å². The number of nitrogen functional groups attached to an aromatic ring is 1. The molecule has 102 valence electrons. The molecule has 0 aliphatic carbocycles. The standard InChI is InChI=1S/C14H12BrN3OS/c1-8-6-11(16)20-13(8)14-17-12(18-19-14)7-9-2-4-10(15)5-3-9/h2-6H,7,16H2,1H3. The van der Waals surface area contributed by atoms with Crippen molar-refractivity contribution in [2.45, 2.75) is 13.3 Å². The van der Waals surface area contributed by atoms with Crippen molar-refractivity contribution in [1.29, 1.82) is 0 Å². The fraction of sp³-hybridized carbons (Fsp3) is 0.143. The number of anilines is 1. The summed E-state index contributed by atoms with van der Waals surface area (Å²) >= 11 is 4.88. The maximum atomic E-state index is 5.79. The lowest BCUT2D eigenvalue weighted by Gasteiger charge is -1.96. The van der Waals surface area contributed by atoms with Gasteiger partial charge in [0.2, 0.25) is 0 Å². The number of nitrogens with two attached hydrogens (primary N) is 1. The zero-order valence-electron chi connectivity index (χ0n) is 10.8. The van der Waals surface area contributed by atoms with Crippen LogP contribution in [0.15, 0.2) is 39.3 Å². The monoisotopic (exact) mass is 349 g/mol. The van der Waals surface area contributed by atoms with Crippen molar-refractivity contribution in [2.75, 3.05) is 5.73 Å². The van der Waals surface area contributed by atoms with Gasteiger partial charge in [-0.3, -0.25) is 0 Å². The van der Waals surface area contributed by atoms with Crippen molar-refractivity contribution in [3.8, 4) is 10.8 Å². The molecule has 0 spiro atoms. The minimum atomic E-state index is 0.538. The summed E-state index contributed by atoms with van der Waals surface area (Å²) in [5, 5.41) is 4.78. The van der Waals surface area contributed by atoms with Crippen LogP contribution in [0.4, 0.5) is 5.00 Å². The number of rotatable bonds is 3. The highest BCUT2D eigenvalue weighted by atomic mass is 79.9. The van der Waals surface area contributed by atoms with Crippen molar-refractivity contribution < 1.29 is 4.52 Å². The summed E-state index contributed by atoms with van der Waals surface area (Å²) in [4.78, 5) is 5.38. The van der Waals surface area contributed by atoms with E-state index in [9.17, 15) is 0 Å². The van der Waals surface area contributed by atoms with Crippen molar-refractivity contribution >= 4 is 32.3 Å². The quantitative estimate of drug-likeness (QED) is 0.774. The van der Waals surface area contributed by atoms with Crippen LogP contribution >= 0.6 is 27.3 Å². The highest BCUT2D eigenvalue weighted by Crippen LogP contribution is 2.32. The average molecular weight is 350 g/mol. The molecule has 0 fully saturated rings. The van der Waals surface area contributed by atoms with Gasteiger partial charge in [-0.25, -0.2) is 0 Å². The zero-order valence-corrected chi connectivity index (χ0v) is 13.2. The van der Waals surface area contributed by atoms with Crippen molar-refractivity contribution in [1.82, 2.24) is 10.1 Å². The van der Waals surface area contributed by atoms with Crippen LogP contribution in [0.25, 0.3) is 10.8 Å². The molecule has 0 aliphatic rings. The Morgan fingerprint density at radius 1 is 1.30 bits per heavy atom. The summed E-state index contributed by atoms with van der Waals surface area (Å²) in [6.07, 6.45) is 0.649. The van der Waals surface area contributed by atoms with Gasteiger partial charge in [0.05, 0.1) is 9.88 Å². The third kappa shape index (κ3) is 2.76. The van der Waals surface area contributed by atoms with Crippen LogP contribution < -0.4 is 5.73 Å². The summed E-state index contributed by atoms with van der Waals surface area (Å²) < 4.78 is 6.38. The van der Waals surface area contributed by atoms with E-state index in [0.717, 1.165) is 25.5 Å². The Morgan fingerprint density at radius 2 is 2.05 bits per heavy atom. The first-order valence-electron chi connectivity index (χ1n) is 6.05. The van der Waals surface area contributed by atoms with Crippen molar-refractivity contribution in [2.24, 2.45) is 0 Å². The van der Waals surface area contributed by atoms with Gasteiger partial charge < -0.3 is 10.3 Å². The molecule has 20 heavy (non-hydrogen) atoms. The van der Waals surface area contributed by atoms with E-state index in [2.05, 4.69) is 26.1 Å². The van der Waals surface area contributed by atoms with Crippen LogP contribution in [0.3, 0.4) is 0 Å². The lowest BCUT2D eigenvalue weighted by molar-refractivity contribution is 0.424. The summed E-state index contributed by atoms with van der Waals surface area (Å²) in [5.41, 5.74) is 7.99. The molecule has 2 heterocycles.